The molecule has 1 aliphatic rings. The topological polar surface area (TPSA) is 96.0 Å². The normalized spacial score (nSPS) is 14.5. The van der Waals surface area contributed by atoms with E-state index >= 15 is 0 Å². The lowest BCUT2D eigenvalue weighted by atomic mass is 9.94. The first-order valence-electron chi connectivity index (χ1n) is 14.4. The van der Waals surface area contributed by atoms with Crippen LogP contribution in [0.4, 0.5) is 5.69 Å². The van der Waals surface area contributed by atoms with Crippen LogP contribution < -0.4 is 14.4 Å². The zero-order chi connectivity index (χ0) is 31.9. The van der Waals surface area contributed by atoms with Gasteiger partial charge in [0, 0.05) is 34.6 Å². The van der Waals surface area contributed by atoms with Crippen LogP contribution >= 0.6 is 34.8 Å². The van der Waals surface area contributed by atoms with Crippen LogP contribution in [0.5, 0.6) is 5.75 Å². The van der Waals surface area contributed by atoms with E-state index in [1.165, 1.54) is 30.2 Å². The maximum Gasteiger partial charge on any atom is 0.244 e. The molecule has 0 spiro atoms. The Morgan fingerprint density at radius 2 is 1.59 bits per heavy atom. The number of nitrogens with zero attached hydrogens (tertiary/aromatic N) is 2. The van der Waals surface area contributed by atoms with Gasteiger partial charge in [-0.15, -0.1) is 0 Å². The van der Waals surface area contributed by atoms with Crippen molar-refractivity contribution in [3.8, 4) is 5.75 Å². The first kappa shape index (κ1) is 33.9. The molecule has 0 aliphatic heterocycles. The quantitative estimate of drug-likeness (QED) is 0.235. The third kappa shape index (κ3) is 8.81. The summed E-state index contributed by atoms with van der Waals surface area (Å²) in [5.74, 6) is -0.582. The summed E-state index contributed by atoms with van der Waals surface area (Å²) in [5, 5.41) is 3.99. The number of carbonyl (C=O) groups is 2. The molecule has 1 aliphatic carbocycles. The summed E-state index contributed by atoms with van der Waals surface area (Å²) >= 11 is 19.4. The largest absolute Gasteiger partial charge is 0.495 e. The number of rotatable bonds is 12. The molecule has 4 rings (SSSR count). The van der Waals surface area contributed by atoms with Gasteiger partial charge in [-0.05, 0) is 48.7 Å². The fourth-order valence-electron chi connectivity index (χ4n) is 5.38. The highest BCUT2D eigenvalue weighted by molar-refractivity contribution is 7.92. The third-order valence-corrected chi connectivity index (χ3v) is 9.86. The molecule has 0 radical (unpaired) electrons. The minimum absolute atomic E-state index is 0.00987. The van der Waals surface area contributed by atoms with Crippen molar-refractivity contribution in [3.63, 3.8) is 0 Å². The van der Waals surface area contributed by atoms with E-state index in [2.05, 4.69) is 5.32 Å². The predicted molar refractivity (Wildman–Crippen MR) is 176 cm³/mol. The molecular weight excluding hydrogens is 645 g/mol. The maximum atomic E-state index is 14.3. The van der Waals surface area contributed by atoms with Gasteiger partial charge in [0.2, 0.25) is 21.8 Å². The fourth-order valence-corrected chi connectivity index (χ4v) is 6.99. The zero-order valence-corrected chi connectivity index (χ0v) is 27.7. The van der Waals surface area contributed by atoms with Crippen molar-refractivity contribution >= 4 is 62.3 Å². The van der Waals surface area contributed by atoms with Gasteiger partial charge in [0.1, 0.15) is 18.3 Å². The molecule has 1 N–H and O–H groups in total. The number of hydrogen-bond donors (Lipinski definition) is 1. The van der Waals surface area contributed by atoms with Crippen LogP contribution in [-0.2, 0) is 32.6 Å². The second kappa shape index (κ2) is 15.3. The Labute approximate surface area is 274 Å². The van der Waals surface area contributed by atoms with Gasteiger partial charge >= 0.3 is 0 Å². The van der Waals surface area contributed by atoms with Gasteiger partial charge in [-0.2, -0.15) is 0 Å². The van der Waals surface area contributed by atoms with E-state index in [9.17, 15) is 18.0 Å². The number of anilines is 1. The van der Waals surface area contributed by atoms with Crippen LogP contribution in [0.1, 0.15) is 43.2 Å². The summed E-state index contributed by atoms with van der Waals surface area (Å²) in [6, 6.07) is 17.8. The molecule has 12 heteroatoms. The SMILES string of the molecule is COc1ccc(N(CC(=O)N(Cc2c(Cl)cccc2Cl)[C@@H](Cc2ccccc2)C(=O)NC2CCCCC2)S(C)(=O)=O)cc1Cl. The Morgan fingerprint density at radius 3 is 2.18 bits per heavy atom. The van der Waals surface area contributed by atoms with Crippen molar-refractivity contribution in [1.29, 1.82) is 0 Å². The van der Waals surface area contributed by atoms with Crippen LogP contribution in [-0.4, -0.2) is 57.1 Å². The Morgan fingerprint density at radius 1 is 0.932 bits per heavy atom. The number of methoxy groups -OCH3 is 1. The van der Waals surface area contributed by atoms with E-state index in [-0.39, 0.29) is 35.6 Å². The molecule has 0 aromatic heterocycles. The Kier molecular flexibility index (Phi) is 11.8. The van der Waals surface area contributed by atoms with Crippen molar-refractivity contribution in [2.75, 3.05) is 24.2 Å². The number of carbonyl (C=O) groups excluding carboxylic acids is 2. The van der Waals surface area contributed by atoms with Gasteiger partial charge in [-0.1, -0.05) is 90.5 Å². The van der Waals surface area contributed by atoms with E-state index in [1.54, 1.807) is 18.2 Å². The van der Waals surface area contributed by atoms with Crippen molar-refractivity contribution < 1.29 is 22.7 Å². The number of hydrogen-bond acceptors (Lipinski definition) is 5. The number of ether oxygens (including phenoxy) is 1. The molecule has 236 valence electrons. The van der Waals surface area contributed by atoms with E-state index < -0.39 is 28.5 Å². The van der Waals surface area contributed by atoms with Crippen molar-refractivity contribution in [1.82, 2.24) is 10.2 Å². The molecule has 0 bridgehead atoms. The van der Waals surface area contributed by atoms with E-state index in [4.69, 9.17) is 39.5 Å². The van der Waals surface area contributed by atoms with E-state index in [0.717, 1.165) is 48.2 Å². The second-order valence-electron chi connectivity index (χ2n) is 10.9. The molecule has 1 saturated carbocycles. The molecule has 0 saturated heterocycles. The highest BCUT2D eigenvalue weighted by atomic mass is 35.5. The average molecular weight is 681 g/mol. The van der Waals surface area contributed by atoms with Crippen molar-refractivity contribution in [3.05, 3.63) is 92.9 Å². The monoisotopic (exact) mass is 679 g/mol. The molecule has 44 heavy (non-hydrogen) atoms. The van der Waals surface area contributed by atoms with Gasteiger partial charge in [-0.25, -0.2) is 8.42 Å². The van der Waals surface area contributed by atoms with E-state index in [0.29, 0.717) is 21.4 Å². The number of halogens is 3. The number of nitrogens with one attached hydrogen (secondary N) is 1. The van der Waals surface area contributed by atoms with Gasteiger partial charge in [0.15, 0.2) is 0 Å². The van der Waals surface area contributed by atoms with Crippen LogP contribution in [0.15, 0.2) is 66.7 Å². The minimum Gasteiger partial charge on any atom is -0.495 e. The smallest absolute Gasteiger partial charge is 0.244 e. The first-order valence-corrected chi connectivity index (χ1v) is 17.3. The third-order valence-electron chi connectivity index (χ3n) is 7.72. The molecule has 3 aromatic carbocycles. The highest BCUT2D eigenvalue weighted by Gasteiger charge is 2.35. The van der Waals surface area contributed by atoms with Crippen LogP contribution in [0, 0.1) is 0 Å². The highest BCUT2D eigenvalue weighted by Crippen LogP contribution is 2.31. The minimum atomic E-state index is -3.97. The van der Waals surface area contributed by atoms with Gasteiger partial charge in [-0.3, -0.25) is 13.9 Å². The molecule has 1 atom stereocenters. The predicted octanol–water partition coefficient (Wildman–Crippen LogP) is 6.51. The van der Waals surface area contributed by atoms with Gasteiger partial charge in [0.05, 0.1) is 24.1 Å². The molecule has 0 heterocycles. The molecule has 3 aromatic rings. The summed E-state index contributed by atoms with van der Waals surface area (Å²) < 4.78 is 32.2. The van der Waals surface area contributed by atoms with Crippen molar-refractivity contribution in [2.24, 2.45) is 0 Å². The summed E-state index contributed by atoms with van der Waals surface area (Å²) in [6.07, 6.45) is 6.06. The van der Waals surface area contributed by atoms with Crippen LogP contribution in [0.2, 0.25) is 15.1 Å². The standard InChI is InChI=1S/C32H36Cl3N3O5S/c1-43-30-17-16-24(19-28(30)35)38(44(2,41)42)21-31(39)37(20-25-26(33)14-9-15-27(25)34)29(18-22-10-5-3-6-11-22)32(40)36-23-12-7-4-8-13-23/h3,5-6,9-11,14-17,19,23,29H,4,7-8,12-13,18,20-21H2,1-2H3,(H,36,40)/t29-/m0/s1. The summed E-state index contributed by atoms with van der Waals surface area (Å²) in [4.78, 5) is 29.8. The Bertz CT molecular complexity index is 1550. The van der Waals surface area contributed by atoms with E-state index in [1.807, 2.05) is 30.3 Å². The number of amides is 2. The van der Waals surface area contributed by atoms with Gasteiger partial charge in [0.25, 0.3) is 0 Å². The summed E-state index contributed by atoms with van der Waals surface area (Å²) in [5.41, 5.74) is 1.46. The second-order valence-corrected chi connectivity index (χ2v) is 14.0. The summed E-state index contributed by atoms with van der Waals surface area (Å²) in [6.45, 7) is -0.709. The van der Waals surface area contributed by atoms with Crippen LogP contribution in [0.3, 0.4) is 0 Å². The number of benzene rings is 3. The summed E-state index contributed by atoms with van der Waals surface area (Å²) in [7, 11) is -2.52. The molecular formula is C32H36Cl3N3O5S. The Hall–Kier alpha value is -2.98. The lowest BCUT2D eigenvalue weighted by Gasteiger charge is -2.35. The van der Waals surface area contributed by atoms with Crippen molar-refractivity contribution in [2.45, 2.75) is 57.2 Å². The molecule has 0 unspecified atom stereocenters. The maximum absolute atomic E-state index is 14.3. The van der Waals surface area contributed by atoms with Crippen LogP contribution in [0.25, 0.3) is 0 Å². The Balaban J connectivity index is 1.76. The molecule has 2 amide bonds. The lowest BCUT2D eigenvalue weighted by Crippen LogP contribution is -2.55. The molecule has 1 fully saturated rings. The molecule has 8 nitrogen and oxygen atoms in total. The lowest BCUT2D eigenvalue weighted by molar-refractivity contribution is -0.140. The zero-order valence-electron chi connectivity index (χ0n) is 24.6. The number of sulfonamides is 1. The van der Waals surface area contributed by atoms with Gasteiger partial charge < -0.3 is 15.0 Å². The first-order chi connectivity index (χ1) is 21.0. The average Bonchev–Trinajstić information content (AvgIpc) is 2.99. The fraction of sp³-hybridized carbons (Fsp3) is 0.375.